The summed E-state index contributed by atoms with van der Waals surface area (Å²) in [6, 6.07) is 87.5. The molecule has 13 rings (SSSR count). The molecule has 0 N–H and O–H groups in total. The quantitative estimate of drug-likeness (QED) is 0.151. The molecule has 0 atom stereocenters. The lowest BCUT2D eigenvalue weighted by Gasteiger charge is -2.32. The molecule has 10 aromatic carbocycles. The van der Waals surface area contributed by atoms with Gasteiger partial charge in [-0.3, -0.25) is 0 Å². The van der Waals surface area contributed by atoms with Crippen molar-refractivity contribution in [3.05, 3.63) is 259 Å². The zero-order valence-electron chi connectivity index (χ0n) is 39.4. The molecule has 0 aliphatic heterocycles. The zero-order chi connectivity index (χ0) is 46.4. The third kappa shape index (κ3) is 6.34. The van der Waals surface area contributed by atoms with Crippen molar-refractivity contribution in [2.24, 2.45) is 0 Å². The van der Waals surface area contributed by atoms with Crippen molar-refractivity contribution in [1.82, 2.24) is 4.57 Å². The number of fused-ring (bicyclic) bond motifs is 9. The molecule has 2 aliphatic rings. The highest BCUT2D eigenvalue weighted by molar-refractivity contribution is 6.18. The summed E-state index contributed by atoms with van der Waals surface area (Å²) >= 11 is 0. The van der Waals surface area contributed by atoms with Crippen LogP contribution in [0.2, 0.25) is 0 Å². The van der Waals surface area contributed by atoms with E-state index in [0.29, 0.717) is 0 Å². The van der Waals surface area contributed by atoms with E-state index in [4.69, 9.17) is 0 Å². The molecule has 0 saturated carbocycles. The van der Waals surface area contributed by atoms with Gasteiger partial charge in [-0.25, -0.2) is 0 Å². The summed E-state index contributed by atoms with van der Waals surface area (Å²) in [5.74, 6) is 0. The second-order valence-corrected chi connectivity index (χ2v) is 19.8. The Labute approximate surface area is 404 Å². The van der Waals surface area contributed by atoms with Gasteiger partial charge in [-0.2, -0.15) is 0 Å². The van der Waals surface area contributed by atoms with Gasteiger partial charge in [0.15, 0.2) is 0 Å². The van der Waals surface area contributed by atoms with E-state index < -0.39 is 0 Å². The van der Waals surface area contributed by atoms with Crippen molar-refractivity contribution in [2.45, 2.75) is 38.5 Å². The van der Waals surface area contributed by atoms with Crippen LogP contribution in [0.3, 0.4) is 0 Å². The van der Waals surface area contributed by atoms with Crippen LogP contribution in [-0.4, -0.2) is 4.57 Å². The predicted octanol–water partition coefficient (Wildman–Crippen LogP) is 18.0. The number of hydrogen-bond acceptors (Lipinski definition) is 2. The largest absolute Gasteiger partial charge is 0.310 e. The van der Waals surface area contributed by atoms with Crippen molar-refractivity contribution < 1.29 is 0 Å². The monoisotopic (exact) mass is 885 g/mol. The molecular weight excluding hydrogens is 835 g/mol. The Balaban J connectivity index is 1.14. The summed E-state index contributed by atoms with van der Waals surface area (Å²) in [4.78, 5) is 4.97. The van der Waals surface area contributed by atoms with Gasteiger partial charge in [0.1, 0.15) is 0 Å². The molecule has 0 radical (unpaired) electrons. The molecule has 0 unspecified atom stereocenters. The normalized spacial score (nSPS) is 13.7. The van der Waals surface area contributed by atoms with E-state index in [0.717, 1.165) is 50.8 Å². The Kier molecular flexibility index (Phi) is 9.22. The standard InChI is InChI=1S/C66H51N3/c1-65(2)57-29-17-14-26-52(57)54-38-36-49(40-59(54)65)68(50-37-39-55-53-27-15-18-30-58(53)66(3,4)60(55)41-50)62-42-51(67(46-22-10-6-11-23-46)47-24-12-7-13-25-47)43-63-64(62)56-28-16-19-31-61(56)69(63)48-34-32-45(33-35-48)44-20-8-5-9-21-44/h5-43H,1-4H3. The molecule has 0 fully saturated rings. The Hall–Kier alpha value is -8.40. The Morgan fingerprint density at radius 1 is 0.319 bits per heavy atom. The number of rotatable bonds is 8. The maximum atomic E-state index is 2.56. The van der Waals surface area contributed by atoms with E-state index in [2.05, 4.69) is 279 Å². The predicted molar refractivity (Wildman–Crippen MR) is 291 cm³/mol. The van der Waals surface area contributed by atoms with Crippen LogP contribution in [0.15, 0.2) is 237 Å². The van der Waals surface area contributed by atoms with E-state index in [-0.39, 0.29) is 10.8 Å². The Morgan fingerprint density at radius 2 is 0.783 bits per heavy atom. The van der Waals surface area contributed by atoms with Gasteiger partial charge in [-0.1, -0.05) is 185 Å². The van der Waals surface area contributed by atoms with Crippen LogP contribution >= 0.6 is 0 Å². The summed E-state index contributed by atoms with van der Waals surface area (Å²) in [7, 11) is 0. The number of para-hydroxylation sites is 3. The lowest BCUT2D eigenvalue weighted by atomic mass is 9.82. The van der Waals surface area contributed by atoms with E-state index in [1.54, 1.807) is 0 Å². The molecule has 69 heavy (non-hydrogen) atoms. The second kappa shape index (κ2) is 15.6. The fourth-order valence-electron chi connectivity index (χ4n) is 11.8. The van der Waals surface area contributed by atoms with Crippen LogP contribution in [0.4, 0.5) is 34.1 Å². The smallest absolute Gasteiger partial charge is 0.0583 e. The third-order valence-electron chi connectivity index (χ3n) is 15.1. The van der Waals surface area contributed by atoms with Crippen molar-refractivity contribution in [3.63, 3.8) is 0 Å². The van der Waals surface area contributed by atoms with Gasteiger partial charge in [0.25, 0.3) is 0 Å². The minimum atomic E-state index is -0.189. The van der Waals surface area contributed by atoms with Crippen LogP contribution in [0, 0.1) is 0 Å². The molecule has 0 spiro atoms. The average Bonchev–Trinajstić information content (AvgIpc) is 3.94. The van der Waals surface area contributed by atoms with Crippen LogP contribution in [0.1, 0.15) is 49.9 Å². The van der Waals surface area contributed by atoms with E-state index in [1.807, 2.05) is 0 Å². The highest BCUT2D eigenvalue weighted by Crippen LogP contribution is 2.55. The lowest BCUT2D eigenvalue weighted by molar-refractivity contribution is 0.660. The topological polar surface area (TPSA) is 11.4 Å². The van der Waals surface area contributed by atoms with Gasteiger partial charge in [0.2, 0.25) is 0 Å². The van der Waals surface area contributed by atoms with Gasteiger partial charge >= 0.3 is 0 Å². The number of anilines is 6. The van der Waals surface area contributed by atoms with E-state index in [9.17, 15) is 0 Å². The summed E-state index contributed by atoms with van der Waals surface area (Å²) in [5, 5.41) is 2.38. The molecule has 0 bridgehead atoms. The lowest BCUT2D eigenvalue weighted by Crippen LogP contribution is -2.18. The van der Waals surface area contributed by atoms with Gasteiger partial charge in [0, 0.05) is 50.0 Å². The minimum Gasteiger partial charge on any atom is -0.310 e. The van der Waals surface area contributed by atoms with Gasteiger partial charge in [0.05, 0.1) is 22.4 Å². The highest BCUT2D eigenvalue weighted by atomic mass is 15.2. The molecule has 3 nitrogen and oxygen atoms in total. The van der Waals surface area contributed by atoms with Crippen LogP contribution in [0.5, 0.6) is 0 Å². The molecule has 2 aliphatic carbocycles. The highest BCUT2D eigenvalue weighted by Gasteiger charge is 2.38. The SMILES string of the molecule is CC1(C)c2ccccc2-c2ccc(N(c3ccc4c(c3)C(C)(C)c3ccccc3-4)c3cc(N(c4ccccc4)c4ccccc4)cc4c3c3ccccc3n4-c3ccc(-c4ccccc4)cc3)cc21. The van der Waals surface area contributed by atoms with Gasteiger partial charge in [-0.05, 0) is 134 Å². The van der Waals surface area contributed by atoms with Crippen LogP contribution in [0.25, 0.3) is 60.9 Å². The molecule has 3 heteroatoms. The summed E-state index contributed by atoms with van der Waals surface area (Å²) < 4.78 is 2.48. The molecule has 330 valence electrons. The van der Waals surface area contributed by atoms with Crippen molar-refractivity contribution in [3.8, 4) is 39.1 Å². The average molecular weight is 886 g/mol. The van der Waals surface area contributed by atoms with E-state index >= 15 is 0 Å². The first-order valence-corrected chi connectivity index (χ1v) is 24.2. The van der Waals surface area contributed by atoms with Crippen molar-refractivity contribution in [1.29, 1.82) is 0 Å². The second-order valence-electron chi connectivity index (χ2n) is 19.8. The van der Waals surface area contributed by atoms with Crippen molar-refractivity contribution >= 4 is 55.9 Å². The fraction of sp³-hybridized carbons (Fsp3) is 0.0909. The summed E-state index contributed by atoms with van der Waals surface area (Å²) in [6.45, 7) is 9.53. The first-order chi connectivity index (χ1) is 33.8. The van der Waals surface area contributed by atoms with Gasteiger partial charge in [-0.15, -0.1) is 0 Å². The van der Waals surface area contributed by atoms with Gasteiger partial charge < -0.3 is 14.4 Å². The molecule has 1 heterocycles. The number of benzene rings is 10. The number of nitrogens with zero attached hydrogens (tertiary/aromatic N) is 3. The Morgan fingerprint density at radius 3 is 1.35 bits per heavy atom. The van der Waals surface area contributed by atoms with E-state index in [1.165, 1.54) is 66.4 Å². The third-order valence-corrected chi connectivity index (χ3v) is 15.1. The Bertz CT molecular complexity index is 3620. The molecule has 11 aromatic rings. The molecular formula is C66H51N3. The first kappa shape index (κ1) is 40.8. The van der Waals surface area contributed by atoms with Crippen molar-refractivity contribution in [2.75, 3.05) is 9.80 Å². The molecule has 1 aromatic heterocycles. The number of aromatic nitrogens is 1. The summed E-state index contributed by atoms with van der Waals surface area (Å²) in [6.07, 6.45) is 0. The minimum absolute atomic E-state index is 0.189. The summed E-state index contributed by atoms with van der Waals surface area (Å²) in [5.41, 5.74) is 22.6. The van der Waals surface area contributed by atoms with Crippen LogP contribution < -0.4 is 9.80 Å². The maximum absolute atomic E-state index is 2.56. The molecule has 0 saturated heterocycles. The maximum Gasteiger partial charge on any atom is 0.0583 e. The first-order valence-electron chi connectivity index (χ1n) is 24.2. The number of hydrogen-bond donors (Lipinski definition) is 0. The zero-order valence-corrected chi connectivity index (χ0v) is 39.4. The molecule has 0 amide bonds. The fourth-order valence-corrected chi connectivity index (χ4v) is 11.8. The van der Waals surface area contributed by atoms with Crippen LogP contribution in [-0.2, 0) is 10.8 Å².